The van der Waals surface area contributed by atoms with E-state index in [1.807, 2.05) is 13.8 Å². The van der Waals surface area contributed by atoms with Gasteiger partial charge in [-0.1, -0.05) is 0 Å². The van der Waals surface area contributed by atoms with Crippen molar-refractivity contribution < 1.29 is 23.0 Å². The molecule has 10 nitrogen and oxygen atoms in total. The standard InChI is InChI=1S/C33H39F2N7O3/c1-19-12-25-23(15-37-40-25)27-22(19)6-3-4-10-43-20(2)26-17-41(9-11-44-26)31-24-14-36-30(27)28(35)29(24)38-32(39-31)45-18-33-7-5-8-42(33)16-21(34)13-33/h12,14-15,20-21,26H,3-11,13,16-18H2,1-2H3,(H,37,40)/t20-,21+,26+,33-/m0/s1. The third-order valence-electron chi connectivity index (χ3n) is 10.3. The molecule has 1 aromatic carbocycles. The number of aromatic amines is 1. The van der Waals surface area contributed by atoms with Gasteiger partial charge in [0.15, 0.2) is 5.82 Å². The number of alkyl halides is 1. The van der Waals surface area contributed by atoms with Crippen molar-refractivity contribution in [2.24, 2.45) is 0 Å². The first-order chi connectivity index (χ1) is 21.9. The molecule has 5 aliphatic heterocycles. The molecule has 8 heterocycles. The Morgan fingerprint density at radius 1 is 1.09 bits per heavy atom. The first kappa shape index (κ1) is 29.0. The number of anilines is 1. The Bertz CT molecular complexity index is 1750. The molecule has 12 heteroatoms. The summed E-state index contributed by atoms with van der Waals surface area (Å²) in [6.45, 7) is 7.80. The molecule has 0 unspecified atom stereocenters. The summed E-state index contributed by atoms with van der Waals surface area (Å²) in [5.41, 5.74) is 3.64. The van der Waals surface area contributed by atoms with E-state index < -0.39 is 12.0 Å². The highest BCUT2D eigenvalue weighted by molar-refractivity contribution is 5.99. The third-order valence-corrected chi connectivity index (χ3v) is 10.3. The van der Waals surface area contributed by atoms with Gasteiger partial charge in [0.05, 0.1) is 35.3 Å². The van der Waals surface area contributed by atoms with Gasteiger partial charge in [0, 0.05) is 49.8 Å². The molecule has 45 heavy (non-hydrogen) atoms. The molecule has 9 rings (SSSR count). The van der Waals surface area contributed by atoms with Crippen molar-refractivity contribution in [1.82, 2.24) is 30.0 Å². The van der Waals surface area contributed by atoms with Gasteiger partial charge >= 0.3 is 6.01 Å². The quantitative estimate of drug-likeness (QED) is 0.343. The number of nitrogens with one attached hydrogen (secondary N) is 1. The molecular weight excluding hydrogens is 580 g/mol. The highest BCUT2D eigenvalue weighted by Crippen LogP contribution is 2.42. The van der Waals surface area contributed by atoms with E-state index in [9.17, 15) is 4.39 Å². The number of hydrogen-bond donors (Lipinski definition) is 1. The molecule has 0 spiro atoms. The number of ether oxygens (including phenoxy) is 3. The van der Waals surface area contributed by atoms with Crippen molar-refractivity contribution in [1.29, 1.82) is 0 Å². The molecule has 4 aromatic rings. The van der Waals surface area contributed by atoms with Crippen molar-refractivity contribution in [3.63, 3.8) is 0 Å². The molecule has 3 saturated heterocycles. The Labute approximate surface area is 260 Å². The minimum absolute atomic E-state index is 0.0865. The summed E-state index contributed by atoms with van der Waals surface area (Å²) < 4.78 is 50.2. The number of morpholine rings is 1. The average molecular weight is 620 g/mol. The Kier molecular flexibility index (Phi) is 7.33. The molecule has 4 atom stereocenters. The SMILES string of the molecule is Cc1cc2[nH]ncc2c2c1CCCCO[C@@H](C)[C@H]1CN(CCO1)c1nc(OC[C@@]34CCCN3C[C@H](F)C4)nc3c(F)c-2ncc13. The van der Waals surface area contributed by atoms with Crippen LogP contribution in [0, 0.1) is 12.7 Å². The Morgan fingerprint density at radius 3 is 2.91 bits per heavy atom. The second-order valence-electron chi connectivity index (χ2n) is 13.1. The van der Waals surface area contributed by atoms with E-state index in [0.717, 1.165) is 66.2 Å². The van der Waals surface area contributed by atoms with Crippen molar-refractivity contribution in [3.8, 4) is 17.3 Å². The molecule has 5 aliphatic rings. The fraction of sp³-hybridized carbons (Fsp3) is 0.576. The van der Waals surface area contributed by atoms with Crippen LogP contribution in [0.1, 0.15) is 50.2 Å². The van der Waals surface area contributed by atoms with Crippen molar-refractivity contribution in [2.75, 3.05) is 50.9 Å². The topological polar surface area (TPSA) is 102 Å². The van der Waals surface area contributed by atoms with E-state index in [2.05, 4.69) is 31.0 Å². The first-order valence-electron chi connectivity index (χ1n) is 16.2. The van der Waals surface area contributed by atoms with E-state index >= 15 is 4.39 Å². The Morgan fingerprint density at radius 2 is 2.00 bits per heavy atom. The summed E-state index contributed by atoms with van der Waals surface area (Å²) >= 11 is 0. The van der Waals surface area contributed by atoms with Gasteiger partial charge in [-0.3, -0.25) is 15.0 Å². The maximum absolute atomic E-state index is 17.0. The van der Waals surface area contributed by atoms with Crippen LogP contribution in [0.2, 0.25) is 0 Å². The van der Waals surface area contributed by atoms with Crippen LogP contribution < -0.4 is 9.64 Å². The van der Waals surface area contributed by atoms with Crippen LogP contribution in [-0.4, -0.2) is 100.0 Å². The number of H-pyrrole nitrogens is 1. The zero-order chi connectivity index (χ0) is 30.7. The van der Waals surface area contributed by atoms with E-state index in [4.69, 9.17) is 24.2 Å². The molecule has 0 aliphatic carbocycles. The van der Waals surface area contributed by atoms with Crippen LogP contribution in [0.25, 0.3) is 33.1 Å². The van der Waals surface area contributed by atoms with Gasteiger partial charge in [-0.2, -0.15) is 15.1 Å². The summed E-state index contributed by atoms with van der Waals surface area (Å²) in [6, 6.07) is 2.15. The van der Waals surface area contributed by atoms with Gasteiger partial charge < -0.3 is 19.1 Å². The van der Waals surface area contributed by atoms with E-state index in [1.54, 1.807) is 12.4 Å². The highest BCUT2D eigenvalue weighted by atomic mass is 19.1. The second kappa shape index (κ2) is 11.4. The molecule has 6 bridgehead atoms. The van der Waals surface area contributed by atoms with Gasteiger partial charge in [0.1, 0.15) is 35.9 Å². The van der Waals surface area contributed by atoms with E-state index in [1.165, 1.54) is 0 Å². The predicted octanol–water partition coefficient (Wildman–Crippen LogP) is 4.92. The van der Waals surface area contributed by atoms with E-state index in [0.29, 0.717) is 50.5 Å². The fourth-order valence-electron chi connectivity index (χ4n) is 7.94. The van der Waals surface area contributed by atoms with Gasteiger partial charge in [-0.25, -0.2) is 8.78 Å². The second-order valence-corrected chi connectivity index (χ2v) is 13.1. The number of rotatable bonds is 3. The van der Waals surface area contributed by atoms with Crippen molar-refractivity contribution >= 4 is 27.6 Å². The molecule has 0 radical (unpaired) electrons. The number of benzene rings is 1. The summed E-state index contributed by atoms with van der Waals surface area (Å²) in [7, 11) is 0. The number of fused-ring (bicyclic) bond motifs is 8. The maximum Gasteiger partial charge on any atom is 0.319 e. The molecule has 0 saturated carbocycles. The highest BCUT2D eigenvalue weighted by Gasteiger charge is 2.49. The van der Waals surface area contributed by atoms with Crippen LogP contribution in [0.4, 0.5) is 14.6 Å². The van der Waals surface area contributed by atoms with Gasteiger partial charge in [0.25, 0.3) is 0 Å². The molecule has 1 N–H and O–H groups in total. The van der Waals surface area contributed by atoms with Crippen LogP contribution in [0.5, 0.6) is 6.01 Å². The molecule has 238 valence electrons. The van der Waals surface area contributed by atoms with Crippen LogP contribution in [0.15, 0.2) is 18.5 Å². The van der Waals surface area contributed by atoms with Crippen LogP contribution >= 0.6 is 0 Å². The lowest BCUT2D eigenvalue weighted by molar-refractivity contribution is -0.0706. The summed E-state index contributed by atoms with van der Waals surface area (Å²) in [5.74, 6) is 0.0309. The minimum atomic E-state index is -0.877. The van der Waals surface area contributed by atoms with Gasteiger partial charge in [-0.15, -0.1) is 0 Å². The zero-order valence-corrected chi connectivity index (χ0v) is 25.8. The molecule has 3 fully saturated rings. The third kappa shape index (κ3) is 5.01. The number of halogens is 2. The van der Waals surface area contributed by atoms with Crippen LogP contribution in [-0.2, 0) is 15.9 Å². The largest absolute Gasteiger partial charge is 0.461 e. The van der Waals surface area contributed by atoms with Crippen molar-refractivity contribution in [2.45, 2.75) is 76.3 Å². The molecule has 0 amide bonds. The normalized spacial score (nSPS) is 27.5. The monoisotopic (exact) mass is 619 g/mol. The fourth-order valence-corrected chi connectivity index (χ4v) is 7.94. The van der Waals surface area contributed by atoms with Crippen molar-refractivity contribution in [3.05, 3.63) is 35.4 Å². The molecular formula is C33H39F2N7O3. The average Bonchev–Trinajstić information content (AvgIpc) is 3.74. The number of aryl methyl sites for hydroxylation is 1. The van der Waals surface area contributed by atoms with Gasteiger partial charge in [0.2, 0.25) is 0 Å². The zero-order valence-electron chi connectivity index (χ0n) is 25.8. The lowest BCUT2D eigenvalue weighted by Gasteiger charge is -2.37. The number of hydrogen-bond acceptors (Lipinski definition) is 9. The van der Waals surface area contributed by atoms with Crippen LogP contribution in [0.3, 0.4) is 0 Å². The Hall–Kier alpha value is -3.48. The van der Waals surface area contributed by atoms with E-state index in [-0.39, 0.29) is 41.6 Å². The maximum atomic E-state index is 17.0. The Balaban J connectivity index is 1.29. The predicted molar refractivity (Wildman–Crippen MR) is 166 cm³/mol. The molecule has 3 aromatic heterocycles. The lowest BCUT2D eigenvalue weighted by Crippen LogP contribution is -2.48. The van der Waals surface area contributed by atoms with Gasteiger partial charge in [-0.05, 0) is 69.7 Å². The summed E-state index contributed by atoms with van der Waals surface area (Å²) in [6.07, 6.45) is 7.00. The first-order valence-corrected chi connectivity index (χ1v) is 16.2. The number of aromatic nitrogens is 5. The smallest absolute Gasteiger partial charge is 0.319 e. The minimum Gasteiger partial charge on any atom is -0.461 e. The summed E-state index contributed by atoms with van der Waals surface area (Å²) in [5, 5.41) is 8.65. The number of nitrogens with zero attached hydrogens (tertiary/aromatic N) is 6. The lowest BCUT2D eigenvalue weighted by atomic mass is 9.91. The summed E-state index contributed by atoms with van der Waals surface area (Å²) in [4.78, 5) is 18.6. The number of pyridine rings is 1.